The number of Topliss-reactive ketones (excluding diaryl/α,β-unsaturated/α-hetero) is 2. The van der Waals surface area contributed by atoms with E-state index in [2.05, 4.69) is 0 Å². The van der Waals surface area contributed by atoms with Crippen molar-refractivity contribution in [2.45, 2.75) is 39.0 Å². The third kappa shape index (κ3) is 5.16. The Hall–Kier alpha value is -2.77. The molecule has 2 aromatic rings. The first-order valence-corrected chi connectivity index (χ1v) is 10.5. The van der Waals surface area contributed by atoms with Crippen molar-refractivity contribution in [3.05, 3.63) is 63.4 Å². The molecule has 9 heteroatoms. The average molecular weight is 481 g/mol. The number of ketones is 2. The van der Waals surface area contributed by atoms with E-state index in [9.17, 15) is 23.6 Å². The van der Waals surface area contributed by atoms with Gasteiger partial charge in [-0.15, -0.1) is 0 Å². The van der Waals surface area contributed by atoms with Gasteiger partial charge in [0.25, 0.3) is 0 Å². The molecule has 0 spiro atoms. The number of fused-ring (bicyclic) bond motifs is 1. The molecule has 1 unspecified atom stereocenters. The molecule has 0 radical (unpaired) electrons. The van der Waals surface area contributed by atoms with E-state index >= 15 is 0 Å². The van der Waals surface area contributed by atoms with Crippen LogP contribution in [0, 0.1) is 5.82 Å². The lowest BCUT2D eigenvalue weighted by molar-refractivity contribution is -0.137. The molecule has 3 rings (SSSR count). The molecule has 2 N–H and O–H groups in total. The zero-order valence-electron chi connectivity index (χ0n) is 17.9. The number of carbonyl (C=O) groups excluding carboxylic acids is 4. The molecule has 1 aliphatic heterocycles. The molecular weight excluding hydrogens is 458 g/mol. The lowest BCUT2D eigenvalue weighted by Gasteiger charge is -2.24. The summed E-state index contributed by atoms with van der Waals surface area (Å²) in [5.74, 6) is -2.39. The van der Waals surface area contributed by atoms with Crippen molar-refractivity contribution in [1.29, 1.82) is 0 Å². The van der Waals surface area contributed by atoms with E-state index in [4.69, 9.17) is 28.9 Å². The minimum atomic E-state index is -1.64. The maximum absolute atomic E-state index is 12.8. The van der Waals surface area contributed by atoms with Crippen LogP contribution in [0.4, 0.5) is 10.1 Å². The molecule has 2 amide bonds. The number of benzene rings is 2. The number of rotatable bonds is 6. The van der Waals surface area contributed by atoms with Crippen molar-refractivity contribution in [2.75, 3.05) is 11.4 Å². The second-order valence-corrected chi connectivity index (χ2v) is 8.29. The van der Waals surface area contributed by atoms with Gasteiger partial charge in [0.15, 0.2) is 0 Å². The Morgan fingerprint density at radius 2 is 1.75 bits per heavy atom. The molecule has 1 atom stereocenters. The highest BCUT2D eigenvalue weighted by atomic mass is 35.5. The van der Waals surface area contributed by atoms with Crippen LogP contribution in [-0.4, -0.2) is 29.9 Å². The van der Waals surface area contributed by atoms with Crippen molar-refractivity contribution in [2.24, 2.45) is 5.73 Å². The van der Waals surface area contributed by atoms with E-state index in [-0.39, 0.29) is 24.6 Å². The lowest BCUT2D eigenvalue weighted by Crippen LogP contribution is -2.48. The smallest absolute Gasteiger partial charge is 0.246 e. The number of halogens is 3. The summed E-state index contributed by atoms with van der Waals surface area (Å²) in [6, 6.07) is 9.04. The van der Waals surface area contributed by atoms with Gasteiger partial charge < -0.3 is 10.6 Å². The van der Waals surface area contributed by atoms with Crippen LogP contribution < -0.4 is 10.6 Å². The summed E-state index contributed by atoms with van der Waals surface area (Å²) >= 11 is 11.7. The van der Waals surface area contributed by atoms with Gasteiger partial charge in [-0.1, -0.05) is 36.2 Å². The number of primary amides is 1. The van der Waals surface area contributed by atoms with E-state index < -0.39 is 23.0 Å². The van der Waals surface area contributed by atoms with Gasteiger partial charge in [-0.2, -0.15) is 0 Å². The molecule has 32 heavy (non-hydrogen) atoms. The van der Waals surface area contributed by atoms with Gasteiger partial charge in [0.1, 0.15) is 29.3 Å². The van der Waals surface area contributed by atoms with Crippen LogP contribution in [0.3, 0.4) is 0 Å². The van der Waals surface area contributed by atoms with Gasteiger partial charge in [0.2, 0.25) is 11.8 Å². The molecule has 0 aromatic heterocycles. The van der Waals surface area contributed by atoms with Gasteiger partial charge in [-0.05, 0) is 56.2 Å². The molecule has 1 aliphatic rings. The number of hydrogen-bond acceptors (Lipinski definition) is 4. The second kappa shape index (κ2) is 10.2. The highest BCUT2D eigenvalue weighted by molar-refractivity contribution is 6.32. The topological polar surface area (TPSA) is 97.5 Å². The second-order valence-electron chi connectivity index (χ2n) is 7.45. The number of hydrogen-bond donors (Lipinski definition) is 1. The summed E-state index contributed by atoms with van der Waals surface area (Å²) in [4.78, 5) is 49.1. The van der Waals surface area contributed by atoms with Gasteiger partial charge in [-0.3, -0.25) is 19.2 Å². The number of amides is 2. The van der Waals surface area contributed by atoms with E-state index in [0.717, 1.165) is 16.9 Å². The number of aryl methyl sites for hydroxylation is 1. The average Bonchev–Trinajstić information content (AvgIpc) is 2.90. The number of nitrogens with zero attached hydrogens (tertiary/aromatic N) is 1. The van der Waals surface area contributed by atoms with E-state index in [1.807, 2.05) is 6.92 Å². The van der Waals surface area contributed by atoms with Crippen LogP contribution >= 0.6 is 23.2 Å². The molecular formula is C23H23Cl2FN2O4. The van der Waals surface area contributed by atoms with Crippen LogP contribution in [-0.2, 0) is 31.0 Å². The number of anilines is 1. The first-order chi connectivity index (χ1) is 14.9. The Labute approximate surface area is 195 Å². The van der Waals surface area contributed by atoms with Gasteiger partial charge in [-0.25, -0.2) is 4.39 Å². The van der Waals surface area contributed by atoms with Crippen LogP contribution in [0.5, 0.6) is 0 Å². The van der Waals surface area contributed by atoms with Crippen LogP contribution in [0.25, 0.3) is 0 Å². The summed E-state index contributed by atoms with van der Waals surface area (Å²) in [6.07, 6.45) is 0.572. The van der Waals surface area contributed by atoms with Gasteiger partial charge in [0.05, 0.1) is 0 Å². The summed E-state index contributed by atoms with van der Waals surface area (Å²) < 4.78 is 12.4. The first kappa shape index (κ1) is 25.5. The molecule has 0 bridgehead atoms. The van der Waals surface area contributed by atoms with Gasteiger partial charge in [0, 0.05) is 27.7 Å². The summed E-state index contributed by atoms with van der Waals surface area (Å²) in [7, 11) is 0. The molecule has 0 fully saturated rings. The Kier molecular flexibility index (Phi) is 8.15. The van der Waals surface area contributed by atoms with Crippen molar-refractivity contribution >= 4 is 52.3 Å². The van der Waals surface area contributed by atoms with E-state index in [1.165, 1.54) is 32.0 Å². The third-order valence-corrected chi connectivity index (χ3v) is 5.73. The minimum absolute atomic E-state index is 0.274. The van der Waals surface area contributed by atoms with Crippen molar-refractivity contribution < 1.29 is 23.6 Å². The predicted molar refractivity (Wildman–Crippen MR) is 121 cm³/mol. The fourth-order valence-corrected chi connectivity index (χ4v) is 4.14. The van der Waals surface area contributed by atoms with Crippen LogP contribution in [0.15, 0.2) is 36.4 Å². The zero-order chi connectivity index (χ0) is 24.2. The maximum Gasteiger partial charge on any atom is 0.246 e. The zero-order valence-corrected chi connectivity index (χ0v) is 19.4. The molecule has 6 nitrogen and oxygen atoms in total. The Morgan fingerprint density at radius 1 is 1.09 bits per heavy atom. The molecule has 1 heterocycles. The van der Waals surface area contributed by atoms with Crippen LogP contribution in [0.2, 0.25) is 10.0 Å². The van der Waals surface area contributed by atoms with Crippen molar-refractivity contribution in [3.8, 4) is 0 Å². The predicted octanol–water partition coefficient (Wildman–Crippen LogP) is 4.02. The minimum Gasteiger partial charge on any atom is -0.368 e. The lowest BCUT2D eigenvalue weighted by atomic mass is 9.74. The molecule has 0 saturated heterocycles. The third-order valence-electron chi connectivity index (χ3n) is 5.14. The SMILES string of the molecule is CC(=O)CC1(C(C)=O)C(=O)N(CC(N)=O)c2ccc(Cl)cc21.CCc1ccc(F)cc1Cl. The normalized spacial score (nSPS) is 16.8. The number of carbonyl (C=O) groups is 4. The molecule has 170 valence electrons. The van der Waals surface area contributed by atoms with Crippen molar-refractivity contribution in [1.82, 2.24) is 0 Å². The maximum atomic E-state index is 12.8. The monoisotopic (exact) mass is 480 g/mol. The highest BCUT2D eigenvalue weighted by Crippen LogP contribution is 2.45. The Balaban J connectivity index is 0.000000303. The van der Waals surface area contributed by atoms with E-state index in [1.54, 1.807) is 18.2 Å². The van der Waals surface area contributed by atoms with Gasteiger partial charge >= 0.3 is 0 Å². The Bertz CT molecular complexity index is 1090. The quantitative estimate of drug-likeness (QED) is 0.631. The fourth-order valence-electron chi connectivity index (χ4n) is 3.67. The van der Waals surface area contributed by atoms with E-state index in [0.29, 0.717) is 21.3 Å². The standard InChI is InChI=1S/C15H15ClN2O4.C8H8ClF/c1-8(19)6-15(9(2)20)11-5-10(16)3-4-12(11)18(14(15)22)7-13(17)21;1-2-6-3-4-7(10)5-8(6)9/h3-5H,6-7H2,1-2H3,(H2,17,21);3-5H,2H2,1H3. The summed E-state index contributed by atoms with van der Waals surface area (Å²) in [6.45, 7) is 4.18. The summed E-state index contributed by atoms with van der Waals surface area (Å²) in [5, 5.41) is 0.851. The Morgan fingerprint density at radius 3 is 2.25 bits per heavy atom. The molecule has 0 saturated carbocycles. The molecule has 0 aliphatic carbocycles. The first-order valence-electron chi connectivity index (χ1n) is 9.78. The van der Waals surface area contributed by atoms with Crippen LogP contribution in [0.1, 0.15) is 38.3 Å². The molecule has 2 aromatic carbocycles. The summed E-state index contributed by atoms with van der Waals surface area (Å²) in [5.41, 5.74) is 5.25. The highest BCUT2D eigenvalue weighted by Gasteiger charge is 2.55. The number of nitrogens with two attached hydrogens (primary N) is 1. The van der Waals surface area contributed by atoms with Crippen molar-refractivity contribution in [3.63, 3.8) is 0 Å². The fraction of sp³-hybridized carbons (Fsp3) is 0.304. The largest absolute Gasteiger partial charge is 0.368 e.